The molecule has 0 aromatic rings. The van der Waals surface area contributed by atoms with Crippen LogP contribution in [0.25, 0.3) is 0 Å². The van der Waals surface area contributed by atoms with Gasteiger partial charge < -0.3 is 20.3 Å². The second-order valence-corrected chi connectivity index (χ2v) is 3.26. The second kappa shape index (κ2) is 13.8. The maximum atomic E-state index is 10.3. The van der Waals surface area contributed by atoms with Gasteiger partial charge in [0.15, 0.2) is 0 Å². The number of aliphatic carboxylic acids is 2. The van der Waals surface area contributed by atoms with E-state index in [1.54, 1.807) is 0 Å². The molecule has 94 valence electrons. The van der Waals surface area contributed by atoms with E-state index < -0.39 is 23.9 Å². The predicted octanol–water partition coefficient (Wildman–Crippen LogP) is -3.95. The van der Waals surface area contributed by atoms with Gasteiger partial charge in [-0.05, 0) is 6.42 Å². The van der Waals surface area contributed by atoms with Crippen molar-refractivity contribution < 1.29 is 54.2 Å². The molecule has 0 heterocycles. The number of carbonyl (C=O) groups excluding carboxylic acids is 2. The van der Waals surface area contributed by atoms with Crippen LogP contribution in [0.2, 0.25) is 0 Å². The normalized spacial score (nSPS) is 10.1. The number of hydrogen-bond donors (Lipinski definition) is 3. The maximum absolute atomic E-state index is 10.3. The van der Waals surface area contributed by atoms with Crippen LogP contribution >= 0.6 is 12.6 Å². The van der Waals surface area contributed by atoms with Crippen LogP contribution in [-0.2, 0) is 14.4 Å². The van der Waals surface area contributed by atoms with E-state index in [2.05, 4.69) is 17.9 Å². The Kier molecular flexibility index (Phi) is 17.9. The largest absolute Gasteiger partial charge is 1.00 e. The molecule has 0 saturated carbocycles. The topological polar surface area (TPSA) is 107 Å². The summed E-state index contributed by atoms with van der Waals surface area (Å²) in [5.41, 5.74) is 0. The van der Waals surface area contributed by atoms with Crippen molar-refractivity contribution in [1.29, 1.82) is 0 Å². The molecule has 0 aliphatic heterocycles. The molecule has 8 heteroatoms. The zero-order valence-corrected chi connectivity index (χ0v) is 13.1. The van der Waals surface area contributed by atoms with Gasteiger partial charge in [0.1, 0.15) is 0 Å². The minimum atomic E-state index is -1.31. The number of carboxylic acids is 2. The molecule has 0 saturated heterocycles. The number of thiol groups is 1. The Balaban J connectivity index is -0.000000244. The average Bonchev–Trinajstić information content (AvgIpc) is 2.14. The van der Waals surface area contributed by atoms with Gasteiger partial charge in [-0.2, -0.15) is 12.6 Å². The summed E-state index contributed by atoms with van der Waals surface area (Å²) in [5.74, 6) is -2.38. The molecular weight excluding hydrogens is 257 g/mol. The fourth-order valence-corrected chi connectivity index (χ4v) is 0.879. The molecule has 0 aliphatic rings. The Morgan fingerprint density at radius 3 is 1.94 bits per heavy atom. The standard InChI is InChI=1S/C5H9NO3S.C4H8O2.Na/c1-3(7)6-4(2-10)5(8)9;1-2-3-4(5)6;/h4,10H,2H2,1H3,(H,6,7)(H,8,9);2-3H2,1H3,(H,5,6);/q;;+1/p-1/t4-;;/m0../s1. The van der Waals surface area contributed by atoms with Gasteiger partial charge in [0.05, 0.1) is 12.0 Å². The third kappa shape index (κ3) is 18.3. The molecule has 0 radical (unpaired) electrons. The zero-order chi connectivity index (χ0) is 13.1. The van der Waals surface area contributed by atoms with Crippen molar-refractivity contribution in [3.8, 4) is 0 Å². The molecule has 1 atom stereocenters. The molecular formula is C9H16NNaO5S. The number of amides is 1. The molecule has 0 aliphatic carbocycles. The van der Waals surface area contributed by atoms with Gasteiger partial charge in [0, 0.05) is 19.1 Å². The molecule has 2 N–H and O–H groups in total. The van der Waals surface area contributed by atoms with Crippen molar-refractivity contribution in [3.05, 3.63) is 0 Å². The van der Waals surface area contributed by atoms with Crippen LogP contribution in [0.3, 0.4) is 0 Å². The molecule has 0 rings (SSSR count). The van der Waals surface area contributed by atoms with E-state index in [-0.39, 0.29) is 35.3 Å². The first-order valence-corrected chi connectivity index (χ1v) is 5.29. The summed E-state index contributed by atoms with van der Waals surface area (Å²) in [7, 11) is 0. The summed E-state index contributed by atoms with van der Waals surface area (Å²) in [5, 5.41) is 20.2. The molecule has 0 spiro atoms. The summed E-state index contributed by atoms with van der Waals surface area (Å²) in [6, 6.07) is -0.985. The molecule has 0 aromatic carbocycles. The van der Waals surface area contributed by atoms with E-state index in [9.17, 15) is 19.5 Å². The van der Waals surface area contributed by atoms with Crippen LogP contribution in [0.4, 0.5) is 0 Å². The Bertz CT molecular complexity index is 250. The van der Waals surface area contributed by atoms with E-state index in [4.69, 9.17) is 5.11 Å². The van der Waals surface area contributed by atoms with Crippen molar-refractivity contribution in [2.45, 2.75) is 32.7 Å². The van der Waals surface area contributed by atoms with Crippen LogP contribution in [0.15, 0.2) is 0 Å². The second-order valence-electron chi connectivity index (χ2n) is 2.90. The third-order valence-electron chi connectivity index (χ3n) is 1.31. The van der Waals surface area contributed by atoms with E-state index in [0.29, 0.717) is 6.42 Å². The van der Waals surface area contributed by atoms with Gasteiger partial charge in [0.25, 0.3) is 0 Å². The Labute approximate surface area is 128 Å². The van der Waals surface area contributed by atoms with Crippen LogP contribution in [-0.4, -0.2) is 34.7 Å². The number of hydrogen-bond acceptors (Lipinski definition) is 5. The first-order chi connectivity index (χ1) is 7.34. The predicted molar refractivity (Wildman–Crippen MR) is 59.0 cm³/mol. The fourth-order valence-electron chi connectivity index (χ4n) is 0.638. The monoisotopic (exact) mass is 273 g/mol. The fraction of sp³-hybridized carbons (Fsp3) is 0.667. The molecule has 17 heavy (non-hydrogen) atoms. The van der Waals surface area contributed by atoms with Crippen LogP contribution in [0, 0.1) is 0 Å². The Morgan fingerprint density at radius 1 is 1.41 bits per heavy atom. The summed E-state index contributed by atoms with van der Waals surface area (Å²) in [4.78, 5) is 30.0. The van der Waals surface area contributed by atoms with E-state index in [1.807, 2.05) is 6.92 Å². The first kappa shape index (κ1) is 22.0. The minimum Gasteiger partial charge on any atom is -0.548 e. The summed E-state index contributed by atoms with van der Waals surface area (Å²) in [6.07, 6.45) is 1.02. The molecule has 0 aromatic heterocycles. The van der Waals surface area contributed by atoms with E-state index in [1.165, 1.54) is 6.92 Å². The Hall–Kier alpha value is -0.240. The molecule has 0 fully saturated rings. The quantitative estimate of drug-likeness (QED) is 0.350. The van der Waals surface area contributed by atoms with E-state index in [0.717, 1.165) is 6.42 Å². The van der Waals surface area contributed by atoms with Crippen molar-refractivity contribution in [3.63, 3.8) is 0 Å². The molecule has 0 bridgehead atoms. The van der Waals surface area contributed by atoms with Crippen molar-refractivity contribution in [2.75, 3.05) is 5.75 Å². The number of carboxylic acid groups (broad SMARTS) is 2. The summed E-state index contributed by atoms with van der Waals surface area (Å²) < 4.78 is 0. The first-order valence-electron chi connectivity index (χ1n) is 4.65. The van der Waals surface area contributed by atoms with Gasteiger partial charge in [-0.15, -0.1) is 0 Å². The van der Waals surface area contributed by atoms with Crippen molar-refractivity contribution >= 4 is 30.5 Å². The van der Waals surface area contributed by atoms with E-state index >= 15 is 0 Å². The molecule has 1 amide bonds. The van der Waals surface area contributed by atoms with Gasteiger partial charge in [-0.25, -0.2) is 0 Å². The molecule has 0 unspecified atom stereocenters. The maximum Gasteiger partial charge on any atom is 1.00 e. The van der Waals surface area contributed by atoms with Gasteiger partial charge in [-0.1, -0.05) is 6.92 Å². The van der Waals surface area contributed by atoms with Crippen molar-refractivity contribution in [2.24, 2.45) is 0 Å². The van der Waals surface area contributed by atoms with Gasteiger partial charge >= 0.3 is 35.5 Å². The van der Waals surface area contributed by atoms with Gasteiger partial charge in [-0.3, -0.25) is 9.59 Å². The summed E-state index contributed by atoms with van der Waals surface area (Å²) >= 11 is 3.69. The minimum absolute atomic E-state index is 0. The van der Waals surface area contributed by atoms with Crippen LogP contribution in [0.5, 0.6) is 0 Å². The zero-order valence-electron chi connectivity index (χ0n) is 10.2. The number of nitrogens with one attached hydrogen (secondary N) is 1. The number of rotatable bonds is 5. The average molecular weight is 273 g/mol. The Morgan fingerprint density at radius 2 is 1.88 bits per heavy atom. The van der Waals surface area contributed by atoms with Crippen molar-refractivity contribution in [1.82, 2.24) is 5.32 Å². The van der Waals surface area contributed by atoms with Crippen LogP contribution < -0.4 is 40.0 Å². The third-order valence-corrected chi connectivity index (χ3v) is 1.67. The van der Waals surface area contributed by atoms with Gasteiger partial charge in [0.2, 0.25) is 5.91 Å². The molecule has 6 nitrogen and oxygen atoms in total. The number of carbonyl (C=O) groups is 3. The SMILES string of the molecule is CC(=O)N[C@@H](CS)C(=O)[O-].CCCC(=O)O.[Na+]. The smallest absolute Gasteiger partial charge is 0.548 e. The van der Waals surface area contributed by atoms with Crippen LogP contribution in [0.1, 0.15) is 26.7 Å². The summed E-state index contributed by atoms with van der Waals surface area (Å²) in [6.45, 7) is 3.08.